The third kappa shape index (κ3) is 3.01. The van der Waals surface area contributed by atoms with Crippen molar-refractivity contribution in [2.75, 3.05) is 39.5 Å². The summed E-state index contributed by atoms with van der Waals surface area (Å²) in [5, 5.41) is 2.76. The first-order chi connectivity index (χ1) is 13.7. The van der Waals surface area contributed by atoms with Gasteiger partial charge in [-0.15, -0.1) is 11.8 Å². The van der Waals surface area contributed by atoms with Crippen LogP contribution in [-0.2, 0) is 11.2 Å². The molecule has 1 unspecified atom stereocenters. The molecule has 1 aromatic carbocycles. The number of carbonyl (C=O) groups is 1. The topological polar surface area (TPSA) is 48.6 Å². The fourth-order valence-corrected chi connectivity index (χ4v) is 6.23. The van der Waals surface area contributed by atoms with E-state index in [4.69, 9.17) is 4.74 Å². The van der Waals surface area contributed by atoms with Crippen LogP contribution < -0.4 is 0 Å². The van der Waals surface area contributed by atoms with Crippen molar-refractivity contribution in [3.05, 3.63) is 29.3 Å². The largest absolute Gasteiger partial charge is 0.449 e. The number of piperidine rings is 1. The van der Waals surface area contributed by atoms with Crippen LogP contribution in [0.3, 0.4) is 0 Å². The van der Waals surface area contributed by atoms with E-state index in [0.29, 0.717) is 24.5 Å². The quantitative estimate of drug-likeness (QED) is 0.790. The van der Waals surface area contributed by atoms with Gasteiger partial charge in [0.1, 0.15) is 0 Å². The van der Waals surface area contributed by atoms with Crippen molar-refractivity contribution >= 4 is 28.8 Å². The number of hydrogen-bond donors (Lipinski definition) is 1. The Bertz CT molecular complexity index is 889. The molecule has 1 aliphatic carbocycles. The van der Waals surface area contributed by atoms with Crippen molar-refractivity contribution < 1.29 is 9.53 Å². The maximum absolute atomic E-state index is 12.3. The number of ether oxygens (including phenoxy) is 1. The second-order valence-electron chi connectivity index (χ2n) is 8.60. The van der Waals surface area contributed by atoms with Gasteiger partial charge in [0.2, 0.25) is 0 Å². The average molecular weight is 400 g/mol. The zero-order valence-electron chi connectivity index (χ0n) is 16.7. The summed E-state index contributed by atoms with van der Waals surface area (Å²) in [4.78, 5) is 20.3. The van der Waals surface area contributed by atoms with Crippen molar-refractivity contribution in [2.24, 2.45) is 5.92 Å². The number of likely N-dealkylation sites (tertiary alicyclic amines) is 2. The lowest BCUT2D eigenvalue weighted by Gasteiger charge is -2.45. The maximum Gasteiger partial charge on any atom is 0.409 e. The molecule has 1 aromatic heterocycles. The number of benzene rings is 1. The summed E-state index contributed by atoms with van der Waals surface area (Å²) in [7, 11) is 2.24. The van der Waals surface area contributed by atoms with Gasteiger partial charge >= 0.3 is 6.09 Å². The van der Waals surface area contributed by atoms with Crippen LogP contribution in [0.4, 0.5) is 4.79 Å². The van der Waals surface area contributed by atoms with Crippen LogP contribution in [0.15, 0.2) is 23.2 Å². The van der Waals surface area contributed by atoms with Gasteiger partial charge in [-0.2, -0.15) is 0 Å². The van der Waals surface area contributed by atoms with Gasteiger partial charge in [0, 0.05) is 48.4 Å². The number of aromatic amines is 1. The molecule has 3 heterocycles. The molecular weight excluding hydrogens is 370 g/mol. The molecule has 2 fully saturated rings. The molecule has 2 aliphatic heterocycles. The number of aromatic nitrogens is 1. The van der Waals surface area contributed by atoms with Crippen molar-refractivity contribution in [1.82, 2.24) is 14.8 Å². The van der Waals surface area contributed by atoms with E-state index in [1.54, 1.807) is 0 Å². The molecule has 5 nitrogen and oxygen atoms in total. The number of nitrogens with one attached hydrogen (secondary N) is 1. The predicted octanol–water partition coefficient (Wildman–Crippen LogP) is 4.08. The molecule has 150 valence electrons. The third-order valence-corrected chi connectivity index (χ3v) is 7.67. The van der Waals surface area contributed by atoms with E-state index >= 15 is 0 Å². The van der Waals surface area contributed by atoms with Crippen LogP contribution in [0.25, 0.3) is 10.9 Å². The molecule has 1 amide bonds. The molecule has 0 spiro atoms. The van der Waals surface area contributed by atoms with Gasteiger partial charge in [-0.25, -0.2) is 4.79 Å². The van der Waals surface area contributed by atoms with Crippen LogP contribution in [0.2, 0.25) is 0 Å². The van der Waals surface area contributed by atoms with Crippen molar-refractivity contribution in [3.8, 4) is 0 Å². The smallest absolute Gasteiger partial charge is 0.409 e. The highest BCUT2D eigenvalue weighted by atomic mass is 32.2. The Labute approximate surface area is 170 Å². The molecule has 0 radical (unpaired) electrons. The molecule has 3 atom stereocenters. The van der Waals surface area contributed by atoms with Gasteiger partial charge in [0.15, 0.2) is 0 Å². The standard InChI is InChI=1S/C22H29N3O2S/c1-24-12-14(13-27-22(26)25-8-3-4-9-25)10-16-15-6-5-7-18-20(15)17(11-19(16)24)21(23-18)28-2/h5-7,14,16,19,23H,3-4,8-13H2,1-2H3/t14?,16-,19-/m1/s1. The molecule has 2 saturated heterocycles. The molecule has 1 N–H and O–H groups in total. The molecule has 0 bridgehead atoms. The average Bonchev–Trinajstić information content (AvgIpc) is 3.36. The first-order valence-corrected chi connectivity index (χ1v) is 11.7. The monoisotopic (exact) mass is 399 g/mol. The first kappa shape index (κ1) is 18.4. The SMILES string of the molecule is CSc1[nH]c2cccc3c2c1C[C@@H]1[C@@H]3CC(COC(=O)N2CCCC2)CN1C. The fourth-order valence-electron chi connectivity index (χ4n) is 5.58. The van der Waals surface area contributed by atoms with E-state index in [2.05, 4.69) is 41.4 Å². The Hall–Kier alpha value is -1.66. The van der Waals surface area contributed by atoms with E-state index in [-0.39, 0.29) is 6.09 Å². The number of likely N-dealkylation sites (N-methyl/N-ethyl adjacent to an activating group) is 1. The molecule has 5 rings (SSSR count). The van der Waals surface area contributed by atoms with Gasteiger partial charge in [-0.3, -0.25) is 0 Å². The minimum absolute atomic E-state index is 0.120. The molecule has 2 aromatic rings. The van der Waals surface area contributed by atoms with Crippen molar-refractivity contribution in [3.63, 3.8) is 0 Å². The minimum atomic E-state index is -0.120. The molecule has 28 heavy (non-hydrogen) atoms. The third-order valence-electron chi connectivity index (χ3n) is 6.91. The summed E-state index contributed by atoms with van der Waals surface area (Å²) < 4.78 is 5.71. The lowest BCUT2D eigenvalue weighted by molar-refractivity contribution is 0.0498. The van der Waals surface area contributed by atoms with Gasteiger partial charge in [0.25, 0.3) is 0 Å². The van der Waals surface area contributed by atoms with E-state index in [1.165, 1.54) is 27.1 Å². The number of hydrogen-bond acceptors (Lipinski definition) is 4. The summed E-state index contributed by atoms with van der Waals surface area (Å²) in [5.41, 5.74) is 4.23. The summed E-state index contributed by atoms with van der Waals surface area (Å²) in [5.74, 6) is 0.907. The number of amides is 1. The van der Waals surface area contributed by atoms with E-state index in [0.717, 1.165) is 45.3 Å². The highest BCUT2D eigenvalue weighted by Crippen LogP contribution is 2.46. The van der Waals surface area contributed by atoms with Crippen LogP contribution in [-0.4, -0.2) is 66.5 Å². The Balaban J connectivity index is 1.37. The second-order valence-corrected chi connectivity index (χ2v) is 9.41. The number of thioether (sulfide) groups is 1. The number of carbonyl (C=O) groups excluding carboxylic acids is 1. The number of fused-ring (bicyclic) bond motifs is 2. The summed E-state index contributed by atoms with van der Waals surface area (Å²) >= 11 is 1.82. The second kappa shape index (κ2) is 7.30. The summed E-state index contributed by atoms with van der Waals surface area (Å²) in [6.07, 6.45) is 6.45. The van der Waals surface area contributed by atoms with Crippen LogP contribution in [0.1, 0.15) is 36.3 Å². The highest BCUT2D eigenvalue weighted by Gasteiger charge is 2.40. The van der Waals surface area contributed by atoms with E-state index in [9.17, 15) is 4.79 Å². The maximum atomic E-state index is 12.3. The van der Waals surface area contributed by atoms with Crippen molar-refractivity contribution in [1.29, 1.82) is 0 Å². The Morgan fingerprint density at radius 1 is 1.32 bits per heavy atom. The minimum Gasteiger partial charge on any atom is -0.449 e. The first-order valence-electron chi connectivity index (χ1n) is 10.4. The lowest BCUT2D eigenvalue weighted by atomic mass is 9.72. The predicted molar refractivity (Wildman–Crippen MR) is 113 cm³/mol. The van der Waals surface area contributed by atoms with Crippen LogP contribution in [0, 0.1) is 5.92 Å². The van der Waals surface area contributed by atoms with Gasteiger partial charge in [0.05, 0.1) is 11.6 Å². The summed E-state index contributed by atoms with van der Waals surface area (Å²) in [6.45, 7) is 3.24. The van der Waals surface area contributed by atoms with Gasteiger partial charge in [-0.1, -0.05) is 12.1 Å². The van der Waals surface area contributed by atoms with Crippen LogP contribution >= 0.6 is 11.8 Å². The Morgan fingerprint density at radius 2 is 2.14 bits per heavy atom. The van der Waals surface area contributed by atoms with Crippen LogP contribution in [0.5, 0.6) is 0 Å². The normalized spacial score (nSPS) is 27.2. The van der Waals surface area contributed by atoms with Gasteiger partial charge in [-0.05, 0) is 56.2 Å². The lowest BCUT2D eigenvalue weighted by Crippen LogP contribution is -2.49. The molecule has 6 heteroatoms. The van der Waals surface area contributed by atoms with Gasteiger partial charge < -0.3 is 19.5 Å². The van der Waals surface area contributed by atoms with Crippen molar-refractivity contribution in [2.45, 2.75) is 42.7 Å². The number of rotatable bonds is 3. The number of nitrogens with zero attached hydrogens (tertiary/aromatic N) is 2. The Kier molecular flexibility index (Phi) is 4.79. The molecule has 3 aliphatic rings. The van der Waals surface area contributed by atoms with E-state index in [1.807, 2.05) is 16.7 Å². The molecular formula is C22H29N3O2S. The zero-order chi connectivity index (χ0) is 19.3. The Morgan fingerprint density at radius 3 is 2.93 bits per heavy atom. The molecule has 0 saturated carbocycles. The highest BCUT2D eigenvalue weighted by molar-refractivity contribution is 7.98. The number of H-pyrrole nitrogens is 1. The fraction of sp³-hybridized carbons (Fsp3) is 0.591. The summed E-state index contributed by atoms with van der Waals surface area (Å²) in [6, 6.07) is 7.23. The zero-order valence-corrected chi connectivity index (χ0v) is 17.6. The van der Waals surface area contributed by atoms with E-state index < -0.39 is 0 Å².